The van der Waals surface area contributed by atoms with Crippen molar-refractivity contribution in [2.45, 2.75) is 36.3 Å². The van der Waals surface area contributed by atoms with Crippen LogP contribution in [0.3, 0.4) is 0 Å². The van der Waals surface area contributed by atoms with Gasteiger partial charge in [0.25, 0.3) is 0 Å². The first-order valence-electron chi connectivity index (χ1n) is 9.73. The zero-order chi connectivity index (χ0) is 21.7. The fraction of sp³-hybridized carbons (Fsp3) is 0.381. The van der Waals surface area contributed by atoms with E-state index in [9.17, 15) is 13.5 Å². The van der Waals surface area contributed by atoms with Crippen LogP contribution in [-0.2, 0) is 10.0 Å². The van der Waals surface area contributed by atoms with Gasteiger partial charge in [-0.3, -0.25) is 0 Å². The molecule has 3 rings (SSSR count). The van der Waals surface area contributed by atoms with E-state index in [0.29, 0.717) is 29.0 Å². The van der Waals surface area contributed by atoms with Crippen LogP contribution in [0.5, 0.6) is 5.75 Å². The molecule has 161 valence electrons. The van der Waals surface area contributed by atoms with Crippen LogP contribution in [0.2, 0.25) is 10.4 Å². The Morgan fingerprint density at radius 3 is 2.77 bits per heavy atom. The SMILES string of the molecule is CC(C)c1[nH]nc2cc(OCC[As]C[C@H](O)c3cccc(NS(C)(=O)=O)c3)ccc12. The minimum absolute atomic E-state index is 0.0993. The first-order chi connectivity index (χ1) is 14.2. The molecule has 1 heterocycles. The number of benzene rings is 2. The fourth-order valence-corrected chi connectivity index (χ4v) is 5.47. The number of rotatable bonds is 10. The molecule has 7 nitrogen and oxygen atoms in total. The second-order valence-electron chi connectivity index (χ2n) is 7.46. The number of sulfonamides is 1. The first kappa shape index (κ1) is 22.7. The van der Waals surface area contributed by atoms with E-state index < -0.39 is 16.1 Å². The summed E-state index contributed by atoms with van der Waals surface area (Å²) in [7, 11) is -3.34. The Labute approximate surface area is 184 Å². The van der Waals surface area contributed by atoms with Crippen LogP contribution in [0.25, 0.3) is 10.9 Å². The van der Waals surface area contributed by atoms with Gasteiger partial charge in [0.05, 0.1) is 0 Å². The standard InChI is InChI=1S/C21H27AsN3O4S/c1-14(2)21-18-8-7-17(12-19(18)23-24-21)29-10-9-22-13-20(26)15-5-4-6-16(11-15)25-30(3,27)28/h4-8,11-12,14,20,25-26H,9-10,13H2,1-3H3,(H,23,24)/t20-/m0/s1. The van der Waals surface area contributed by atoms with Crippen LogP contribution in [0.15, 0.2) is 42.5 Å². The van der Waals surface area contributed by atoms with Crippen LogP contribution >= 0.6 is 0 Å². The van der Waals surface area contributed by atoms with E-state index in [0.717, 1.165) is 33.8 Å². The van der Waals surface area contributed by atoms with Gasteiger partial charge in [-0.2, -0.15) is 0 Å². The van der Waals surface area contributed by atoms with Crippen molar-refractivity contribution in [2.24, 2.45) is 0 Å². The van der Waals surface area contributed by atoms with Crippen molar-refractivity contribution >= 4 is 42.4 Å². The van der Waals surface area contributed by atoms with Crippen LogP contribution in [0, 0.1) is 0 Å². The number of nitrogens with one attached hydrogen (secondary N) is 2. The number of hydrogen-bond donors (Lipinski definition) is 3. The maximum absolute atomic E-state index is 11.4. The quantitative estimate of drug-likeness (QED) is 0.296. The molecule has 3 aromatic rings. The molecule has 0 spiro atoms. The molecule has 0 saturated carbocycles. The number of ether oxygens (including phenoxy) is 1. The normalized spacial score (nSPS) is 13.4. The van der Waals surface area contributed by atoms with Gasteiger partial charge in [-0.05, 0) is 0 Å². The molecule has 30 heavy (non-hydrogen) atoms. The van der Waals surface area contributed by atoms with Crippen molar-refractivity contribution in [1.82, 2.24) is 10.2 Å². The zero-order valence-corrected chi connectivity index (χ0v) is 20.0. The summed E-state index contributed by atoms with van der Waals surface area (Å²) in [4.78, 5) is 0. The van der Waals surface area contributed by atoms with E-state index in [2.05, 4.69) is 28.8 Å². The number of H-pyrrole nitrogens is 1. The van der Waals surface area contributed by atoms with Gasteiger partial charge in [0, 0.05) is 0 Å². The summed E-state index contributed by atoms with van der Waals surface area (Å²) in [5, 5.41) is 20.6. The summed E-state index contributed by atoms with van der Waals surface area (Å²) in [6.45, 7) is 4.86. The summed E-state index contributed by atoms with van der Waals surface area (Å²) >= 11 is -0.0993. The monoisotopic (exact) mass is 492 g/mol. The van der Waals surface area contributed by atoms with Crippen molar-refractivity contribution in [3.05, 3.63) is 53.7 Å². The molecular weight excluding hydrogens is 465 g/mol. The molecule has 0 aliphatic carbocycles. The Morgan fingerprint density at radius 1 is 1.23 bits per heavy atom. The number of nitrogens with zero attached hydrogens (tertiary/aromatic N) is 1. The Hall–Kier alpha value is -2.02. The van der Waals surface area contributed by atoms with E-state index in [1.165, 1.54) is 0 Å². The molecule has 0 aliphatic rings. The molecule has 3 N–H and O–H groups in total. The molecule has 0 bridgehead atoms. The minimum atomic E-state index is -3.34. The number of aromatic amines is 1. The van der Waals surface area contributed by atoms with Crippen LogP contribution < -0.4 is 9.46 Å². The second kappa shape index (κ2) is 9.86. The average molecular weight is 492 g/mol. The number of hydrogen-bond acceptors (Lipinski definition) is 5. The fourth-order valence-electron chi connectivity index (χ4n) is 3.11. The molecule has 1 aromatic heterocycles. The van der Waals surface area contributed by atoms with Crippen LogP contribution in [-0.4, -0.2) is 52.3 Å². The number of aliphatic hydroxyl groups is 1. The summed E-state index contributed by atoms with van der Waals surface area (Å²) in [5.41, 5.74) is 3.21. The van der Waals surface area contributed by atoms with Gasteiger partial charge in [-0.25, -0.2) is 0 Å². The number of aliphatic hydroxyl groups excluding tert-OH is 1. The van der Waals surface area contributed by atoms with Crippen LogP contribution in [0.4, 0.5) is 5.69 Å². The third kappa shape index (κ3) is 6.24. The van der Waals surface area contributed by atoms with Gasteiger partial charge in [0.2, 0.25) is 0 Å². The Balaban J connectivity index is 1.46. The molecule has 0 unspecified atom stereocenters. The van der Waals surface area contributed by atoms with Gasteiger partial charge in [0.15, 0.2) is 0 Å². The van der Waals surface area contributed by atoms with E-state index >= 15 is 0 Å². The van der Waals surface area contributed by atoms with Gasteiger partial charge >= 0.3 is 184 Å². The average Bonchev–Trinajstić information content (AvgIpc) is 3.10. The predicted octanol–water partition coefficient (Wildman–Crippen LogP) is 3.71. The number of anilines is 1. The van der Waals surface area contributed by atoms with Crippen molar-refractivity contribution in [3.8, 4) is 5.75 Å². The van der Waals surface area contributed by atoms with E-state index in [4.69, 9.17) is 4.74 Å². The molecule has 0 aliphatic heterocycles. The third-order valence-corrected chi connectivity index (χ3v) is 7.45. The predicted molar refractivity (Wildman–Crippen MR) is 121 cm³/mol. The molecule has 1 atom stereocenters. The summed E-state index contributed by atoms with van der Waals surface area (Å²) in [6, 6.07) is 12.8. The first-order valence-corrected chi connectivity index (χ1v) is 14.3. The van der Waals surface area contributed by atoms with Gasteiger partial charge in [-0.1, -0.05) is 0 Å². The van der Waals surface area contributed by atoms with E-state index in [1.54, 1.807) is 24.3 Å². The topological polar surface area (TPSA) is 104 Å². The van der Waals surface area contributed by atoms with Crippen molar-refractivity contribution in [3.63, 3.8) is 0 Å². The van der Waals surface area contributed by atoms with Crippen LogP contribution in [0.1, 0.15) is 37.1 Å². The maximum atomic E-state index is 11.4. The molecule has 2 aromatic carbocycles. The number of fused-ring (bicyclic) bond motifs is 1. The third-order valence-electron chi connectivity index (χ3n) is 4.53. The molecule has 0 fully saturated rings. The zero-order valence-electron chi connectivity index (χ0n) is 17.3. The van der Waals surface area contributed by atoms with E-state index in [1.807, 2.05) is 18.2 Å². The van der Waals surface area contributed by atoms with E-state index in [-0.39, 0.29) is 15.8 Å². The molecule has 9 heteroatoms. The van der Waals surface area contributed by atoms with Crippen molar-refractivity contribution < 1.29 is 18.3 Å². The van der Waals surface area contributed by atoms with Gasteiger partial charge in [0.1, 0.15) is 0 Å². The van der Waals surface area contributed by atoms with Gasteiger partial charge < -0.3 is 0 Å². The second-order valence-corrected chi connectivity index (χ2v) is 11.9. The molecule has 0 amide bonds. The number of aromatic nitrogens is 2. The summed E-state index contributed by atoms with van der Waals surface area (Å²) in [5.74, 6) is 1.19. The Morgan fingerprint density at radius 2 is 2.03 bits per heavy atom. The summed E-state index contributed by atoms with van der Waals surface area (Å²) < 4.78 is 31.0. The Kier molecular flexibility index (Phi) is 7.44. The van der Waals surface area contributed by atoms with Gasteiger partial charge in [-0.15, -0.1) is 0 Å². The molecule has 1 radical (unpaired) electrons. The Bertz CT molecular complexity index is 1100. The summed E-state index contributed by atoms with van der Waals surface area (Å²) in [6.07, 6.45) is 0.495. The van der Waals surface area contributed by atoms with Crippen molar-refractivity contribution in [2.75, 3.05) is 17.6 Å². The molecule has 0 saturated heterocycles. The molecular formula is C21H27AsN3O4S. The van der Waals surface area contributed by atoms with Crippen molar-refractivity contribution in [1.29, 1.82) is 0 Å².